The average Bonchev–Trinajstić information content (AvgIpc) is 3.40. The number of para-hydroxylation sites is 1. The summed E-state index contributed by atoms with van der Waals surface area (Å²) in [5.74, 6) is 0.875. The molecule has 0 aromatic heterocycles. The fourth-order valence-corrected chi connectivity index (χ4v) is 11.4. The quantitative estimate of drug-likeness (QED) is 0.0889. The van der Waals surface area contributed by atoms with Gasteiger partial charge in [0.25, 0.3) is 8.32 Å². The van der Waals surface area contributed by atoms with E-state index in [4.69, 9.17) is 18.6 Å². The first-order valence-electron chi connectivity index (χ1n) is 15.6. The maximum Gasteiger partial charge on any atom is 0.261 e. The molecular formula is C37H50O5Si. The molecule has 1 aliphatic rings. The van der Waals surface area contributed by atoms with Crippen LogP contribution in [0, 0.1) is 5.92 Å². The number of rotatable bonds is 15. The van der Waals surface area contributed by atoms with Gasteiger partial charge in [0.2, 0.25) is 0 Å². The molecule has 0 amide bonds. The molecule has 1 fully saturated rings. The summed E-state index contributed by atoms with van der Waals surface area (Å²) in [6.45, 7) is 7.92. The minimum absolute atomic E-state index is 0.0537. The highest BCUT2D eigenvalue weighted by molar-refractivity contribution is 6.99. The zero-order chi connectivity index (χ0) is 30.8. The van der Waals surface area contributed by atoms with Crippen molar-refractivity contribution in [3.63, 3.8) is 0 Å². The Hall–Kier alpha value is -2.74. The molecule has 4 rings (SSSR count). The third-order valence-corrected chi connectivity index (χ3v) is 14.0. The minimum Gasteiger partial charge on any atom is -0.490 e. The van der Waals surface area contributed by atoms with Crippen molar-refractivity contribution in [3.8, 4) is 5.75 Å². The average molecular weight is 603 g/mol. The fourth-order valence-electron chi connectivity index (χ4n) is 6.82. The Kier molecular flexibility index (Phi) is 11.8. The monoisotopic (exact) mass is 602 g/mol. The number of aliphatic hydroxyl groups is 1. The van der Waals surface area contributed by atoms with Gasteiger partial charge in [0.05, 0.1) is 5.60 Å². The van der Waals surface area contributed by atoms with Crippen LogP contribution in [0.2, 0.25) is 5.04 Å². The Morgan fingerprint density at radius 1 is 0.907 bits per heavy atom. The van der Waals surface area contributed by atoms with Crippen LogP contribution in [-0.4, -0.2) is 52.7 Å². The predicted molar refractivity (Wildman–Crippen MR) is 178 cm³/mol. The Labute approximate surface area is 260 Å². The third kappa shape index (κ3) is 7.86. The first-order valence-corrected chi connectivity index (χ1v) is 17.6. The number of benzene rings is 3. The van der Waals surface area contributed by atoms with Crippen LogP contribution in [0.1, 0.15) is 59.3 Å². The lowest BCUT2D eigenvalue weighted by atomic mass is 9.79. The van der Waals surface area contributed by atoms with Crippen LogP contribution in [0.5, 0.6) is 5.75 Å². The van der Waals surface area contributed by atoms with Gasteiger partial charge in [0.1, 0.15) is 12.4 Å². The molecule has 3 aromatic carbocycles. The summed E-state index contributed by atoms with van der Waals surface area (Å²) in [6.07, 6.45) is 6.58. The van der Waals surface area contributed by atoms with Gasteiger partial charge >= 0.3 is 0 Å². The van der Waals surface area contributed by atoms with Crippen molar-refractivity contribution in [2.24, 2.45) is 5.92 Å². The smallest absolute Gasteiger partial charge is 0.261 e. The molecule has 43 heavy (non-hydrogen) atoms. The summed E-state index contributed by atoms with van der Waals surface area (Å²) in [6, 6.07) is 31.4. The van der Waals surface area contributed by atoms with Gasteiger partial charge in [-0.25, -0.2) is 0 Å². The van der Waals surface area contributed by atoms with Gasteiger partial charge in [0, 0.05) is 27.2 Å². The first kappa shape index (κ1) is 33.2. The molecule has 0 bridgehead atoms. The molecule has 3 aromatic rings. The van der Waals surface area contributed by atoms with Crippen molar-refractivity contribution in [2.45, 2.75) is 76.2 Å². The maximum absolute atomic E-state index is 12.2. The van der Waals surface area contributed by atoms with Gasteiger partial charge in [-0.1, -0.05) is 99.6 Å². The lowest BCUT2D eigenvalue weighted by Gasteiger charge is -2.43. The van der Waals surface area contributed by atoms with E-state index in [0.717, 1.165) is 43.4 Å². The van der Waals surface area contributed by atoms with Crippen molar-refractivity contribution in [1.29, 1.82) is 0 Å². The standard InChI is InChI=1S/C37H50O5Si/c1-36(2,3)43(33-21-11-7-12-22-33,34-23-13-8-14-24-34)42-27-16-18-30(25-28-41-32-19-9-6-10-20-32)37(38)26-15-17-31(37)29-35(39-4)40-5/h6-14,19-25,31,35,38H,15-18,26-29H2,1-5H3/b30-25+/t31-,37+/m0/s1. The molecule has 2 atom stereocenters. The second-order valence-electron chi connectivity index (χ2n) is 12.6. The highest BCUT2D eigenvalue weighted by Gasteiger charge is 2.50. The van der Waals surface area contributed by atoms with Crippen LogP contribution in [0.15, 0.2) is 103 Å². The Balaban J connectivity index is 1.57. The highest BCUT2D eigenvalue weighted by Crippen LogP contribution is 2.45. The molecule has 5 nitrogen and oxygen atoms in total. The summed E-state index contributed by atoms with van der Waals surface area (Å²) in [5.41, 5.74) is 0.107. The van der Waals surface area contributed by atoms with Crippen molar-refractivity contribution in [1.82, 2.24) is 0 Å². The number of methoxy groups -OCH3 is 2. The van der Waals surface area contributed by atoms with Crippen LogP contribution >= 0.6 is 0 Å². The van der Waals surface area contributed by atoms with Crippen LogP contribution in [0.3, 0.4) is 0 Å². The van der Waals surface area contributed by atoms with Crippen LogP contribution in [0.25, 0.3) is 0 Å². The van der Waals surface area contributed by atoms with E-state index in [-0.39, 0.29) is 17.2 Å². The van der Waals surface area contributed by atoms with Gasteiger partial charge in [0.15, 0.2) is 6.29 Å². The molecular weight excluding hydrogens is 552 g/mol. The summed E-state index contributed by atoms with van der Waals surface area (Å²) in [7, 11) is 0.697. The molecule has 1 saturated carbocycles. The molecule has 0 saturated heterocycles. The lowest BCUT2D eigenvalue weighted by Crippen LogP contribution is -2.66. The van der Waals surface area contributed by atoms with Crippen molar-refractivity contribution in [3.05, 3.63) is 103 Å². The molecule has 0 spiro atoms. The van der Waals surface area contributed by atoms with Crippen molar-refractivity contribution < 1.29 is 23.7 Å². The zero-order valence-corrected chi connectivity index (χ0v) is 27.6. The molecule has 1 aliphatic carbocycles. The van der Waals surface area contributed by atoms with E-state index in [9.17, 15) is 5.11 Å². The summed E-state index contributed by atoms with van der Waals surface area (Å²) < 4.78 is 24.3. The van der Waals surface area contributed by atoms with E-state index >= 15 is 0 Å². The Morgan fingerprint density at radius 3 is 2.00 bits per heavy atom. The predicted octanol–water partition coefficient (Wildman–Crippen LogP) is 6.89. The number of ether oxygens (including phenoxy) is 3. The van der Waals surface area contributed by atoms with Gasteiger partial charge in [-0.15, -0.1) is 0 Å². The first-order chi connectivity index (χ1) is 20.7. The Bertz CT molecular complexity index is 1210. The zero-order valence-electron chi connectivity index (χ0n) is 26.6. The molecule has 0 radical (unpaired) electrons. The molecule has 0 unspecified atom stereocenters. The van der Waals surface area contributed by atoms with E-state index in [0.29, 0.717) is 19.6 Å². The van der Waals surface area contributed by atoms with E-state index in [2.05, 4.69) is 87.5 Å². The van der Waals surface area contributed by atoms with Gasteiger partial charge in [-0.2, -0.15) is 0 Å². The Morgan fingerprint density at radius 2 is 1.47 bits per heavy atom. The SMILES string of the molecule is COC(C[C@@H]1CCC[C@@]1(O)/C(=C/COc1ccccc1)CCCO[Si](c1ccccc1)(c1ccccc1)C(C)(C)C)OC. The largest absolute Gasteiger partial charge is 0.490 e. The number of hydrogen-bond donors (Lipinski definition) is 1. The van der Waals surface area contributed by atoms with E-state index < -0.39 is 13.9 Å². The lowest BCUT2D eigenvalue weighted by molar-refractivity contribution is -0.126. The fraction of sp³-hybridized carbons (Fsp3) is 0.459. The molecule has 232 valence electrons. The summed E-state index contributed by atoms with van der Waals surface area (Å²) >= 11 is 0. The summed E-state index contributed by atoms with van der Waals surface area (Å²) in [5, 5.41) is 14.7. The van der Waals surface area contributed by atoms with Crippen LogP contribution in [-0.2, 0) is 13.9 Å². The maximum atomic E-state index is 12.2. The van der Waals surface area contributed by atoms with Gasteiger partial charge < -0.3 is 23.7 Å². The van der Waals surface area contributed by atoms with E-state index in [1.54, 1.807) is 14.2 Å². The highest BCUT2D eigenvalue weighted by atomic mass is 28.4. The van der Waals surface area contributed by atoms with Crippen LogP contribution < -0.4 is 15.1 Å². The second kappa shape index (κ2) is 15.3. The van der Waals surface area contributed by atoms with Gasteiger partial charge in [-0.3, -0.25) is 0 Å². The topological polar surface area (TPSA) is 57.2 Å². The molecule has 0 heterocycles. The van der Waals surface area contributed by atoms with Gasteiger partial charge in [-0.05, 0) is 77.2 Å². The van der Waals surface area contributed by atoms with Crippen molar-refractivity contribution in [2.75, 3.05) is 27.4 Å². The van der Waals surface area contributed by atoms with Crippen molar-refractivity contribution >= 4 is 18.7 Å². The van der Waals surface area contributed by atoms with Crippen LogP contribution in [0.4, 0.5) is 0 Å². The molecule has 1 N–H and O–H groups in total. The second-order valence-corrected chi connectivity index (χ2v) is 16.9. The minimum atomic E-state index is -2.63. The molecule has 0 aliphatic heterocycles. The molecule has 6 heteroatoms. The number of hydrogen-bond acceptors (Lipinski definition) is 5. The third-order valence-electron chi connectivity index (χ3n) is 8.99. The van der Waals surface area contributed by atoms with E-state index in [1.165, 1.54) is 10.4 Å². The normalized spacial score (nSPS) is 19.6. The van der Waals surface area contributed by atoms with E-state index in [1.807, 2.05) is 30.3 Å². The summed E-state index contributed by atoms with van der Waals surface area (Å²) in [4.78, 5) is 0.